The second-order valence-corrected chi connectivity index (χ2v) is 5.41. The number of ether oxygens (including phenoxy) is 1. The molecule has 0 spiro atoms. The van der Waals surface area contributed by atoms with Crippen LogP contribution in [0.1, 0.15) is 52.5 Å². The fourth-order valence-electron chi connectivity index (χ4n) is 1.87. The van der Waals surface area contributed by atoms with Gasteiger partial charge in [-0.3, -0.25) is 4.79 Å². The first-order chi connectivity index (χ1) is 9.56. The van der Waals surface area contributed by atoms with Crippen LogP contribution >= 0.6 is 0 Å². The molecule has 2 unspecified atom stereocenters. The molecular weight excluding hydrogens is 250 g/mol. The summed E-state index contributed by atoms with van der Waals surface area (Å²) in [5, 5.41) is 2.95. The number of carbonyl (C=O) groups excluding carboxylic acids is 1. The SMILES string of the molecule is CCCC(C)C(=O)Nc1ccc(COC(C)CC)cc1. The van der Waals surface area contributed by atoms with E-state index in [1.54, 1.807) is 0 Å². The molecular formula is C17H27NO2. The van der Waals surface area contributed by atoms with Crippen LogP contribution in [-0.4, -0.2) is 12.0 Å². The van der Waals surface area contributed by atoms with Gasteiger partial charge in [0.2, 0.25) is 5.91 Å². The van der Waals surface area contributed by atoms with Crippen molar-refractivity contribution in [3.8, 4) is 0 Å². The van der Waals surface area contributed by atoms with Crippen LogP contribution in [0.4, 0.5) is 5.69 Å². The third kappa shape index (κ3) is 5.74. The van der Waals surface area contributed by atoms with Crippen molar-refractivity contribution in [1.29, 1.82) is 0 Å². The van der Waals surface area contributed by atoms with E-state index < -0.39 is 0 Å². The zero-order chi connectivity index (χ0) is 15.0. The van der Waals surface area contributed by atoms with Crippen molar-refractivity contribution in [3.05, 3.63) is 29.8 Å². The predicted molar refractivity (Wildman–Crippen MR) is 83.7 cm³/mol. The first-order valence-electron chi connectivity index (χ1n) is 7.58. The van der Waals surface area contributed by atoms with Crippen molar-refractivity contribution in [2.24, 2.45) is 5.92 Å². The van der Waals surface area contributed by atoms with Crippen molar-refractivity contribution < 1.29 is 9.53 Å². The van der Waals surface area contributed by atoms with Gasteiger partial charge in [-0.2, -0.15) is 0 Å². The van der Waals surface area contributed by atoms with Gasteiger partial charge in [0.1, 0.15) is 0 Å². The Morgan fingerprint density at radius 3 is 2.40 bits per heavy atom. The summed E-state index contributed by atoms with van der Waals surface area (Å²) < 4.78 is 5.68. The molecule has 1 amide bonds. The zero-order valence-corrected chi connectivity index (χ0v) is 13.1. The van der Waals surface area contributed by atoms with E-state index in [9.17, 15) is 4.79 Å². The van der Waals surface area contributed by atoms with Gasteiger partial charge in [-0.05, 0) is 37.5 Å². The Morgan fingerprint density at radius 1 is 1.20 bits per heavy atom. The lowest BCUT2D eigenvalue weighted by Gasteiger charge is -2.13. The Balaban J connectivity index is 2.48. The van der Waals surface area contributed by atoms with Crippen LogP contribution in [-0.2, 0) is 16.1 Å². The Hall–Kier alpha value is -1.35. The lowest BCUT2D eigenvalue weighted by atomic mass is 10.1. The molecule has 0 radical (unpaired) electrons. The molecule has 0 bridgehead atoms. The van der Waals surface area contributed by atoms with Gasteiger partial charge < -0.3 is 10.1 Å². The smallest absolute Gasteiger partial charge is 0.227 e. The zero-order valence-electron chi connectivity index (χ0n) is 13.1. The van der Waals surface area contributed by atoms with Gasteiger partial charge in [0.05, 0.1) is 12.7 Å². The van der Waals surface area contributed by atoms with Crippen LogP contribution < -0.4 is 5.32 Å². The van der Waals surface area contributed by atoms with Crippen molar-refractivity contribution >= 4 is 11.6 Å². The van der Waals surface area contributed by atoms with Gasteiger partial charge >= 0.3 is 0 Å². The molecule has 0 aliphatic heterocycles. The summed E-state index contributed by atoms with van der Waals surface area (Å²) >= 11 is 0. The highest BCUT2D eigenvalue weighted by Crippen LogP contribution is 2.14. The van der Waals surface area contributed by atoms with Gasteiger partial charge in [-0.1, -0.05) is 39.3 Å². The molecule has 0 aromatic heterocycles. The molecule has 0 aliphatic carbocycles. The quantitative estimate of drug-likeness (QED) is 0.766. The number of benzene rings is 1. The second-order valence-electron chi connectivity index (χ2n) is 5.41. The minimum absolute atomic E-state index is 0.0633. The monoisotopic (exact) mass is 277 g/mol. The van der Waals surface area contributed by atoms with Crippen LogP contribution in [0.15, 0.2) is 24.3 Å². The first-order valence-corrected chi connectivity index (χ1v) is 7.58. The summed E-state index contributed by atoms with van der Waals surface area (Å²) in [5.74, 6) is 0.156. The minimum atomic E-state index is 0.0633. The molecule has 1 N–H and O–H groups in total. The van der Waals surface area contributed by atoms with Crippen LogP contribution in [0, 0.1) is 5.92 Å². The van der Waals surface area contributed by atoms with Crippen molar-refractivity contribution in [2.45, 2.75) is 59.7 Å². The average molecular weight is 277 g/mol. The van der Waals surface area contributed by atoms with E-state index in [0.29, 0.717) is 6.61 Å². The standard InChI is InChI=1S/C17H27NO2/c1-5-7-13(3)17(19)18-16-10-8-15(9-11-16)12-20-14(4)6-2/h8-11,13-14H,5-7,12H2,1-4H3,(H,18,19). The predicted octanol–water partition coefficient (Wildman–Crippen LogP) is 4.38. The number of rotatable bonds is 8. The number of hydrogen-bond acceptors (Lipinski definition) is 2. The maximum absolute atomic E-state index is 11.9. The third-order valence-corrected chi connectivity index (χ3v) is 3.50. The molecule has 20 heavy (non-hydrogen) atoms. The molecule has 0 aliphatic rings. The van der Waals surface area contributed by atoms with Gasteiger partial charge in [0, 0.05) is 11.6 Å². The average Bonchev–Trinajstić information content (AvgIpc) is 2.46. The number of amides is 1. The van der Waals surface area contributed by atoms with E-state index in [2.05, 4.69) is 26.1 Å². The fraction of sp³-hybridized carbons (Fsp3) is 0.588. The van der Waals surface area contributed by atoms with E-state index in [1.165, 1.54) is 0 Å². The van der Waals surface area contributed by atoms with Gasteiger partial charge in [-0.15, -0.1) is 0 Å². The largest absolute Gasteiger partial charge is 0.374 e. The normalized spacial score (nSPS) is 13.8. The van der Waals surface area contributed by atoms with Crippen LogP contribution in [0.2, 0.25) is 0 Å². The summed E-state index contributed by atoms with van der Waals surface area (Å²) in [5.41, 5.74) is 1.98. The van der Waals surface area contributed by atoms with Gasteiger partial charge in [0.15, 0.2) is 0 Å². The highest BCUT2D eigenvalue weighted by Gasteiger charge is 2.11. The van der Waals surface area contributed by atoms with Crippen LogP contribution in [0.5, 0.6) is 0 Å². The molecule has 0 saturated heterocycles. The lowest BCUT2D eigenvalue weighted by Crippen LogP contribution is -2.20. The number of nitrogens with one attached hydrogen (secondary N) is 1. The lowest BCUT2D eigenvalue weighted by molar-refractivity contribution is -0.119. The molecule has 1 rings (SSSR count). The number of carbonyl (C=O) groups is 1. The van der Waals surface area contributed by atoms with E-state index in [-0.39, 0.29) is 17.9 Å². The molecule has 0 fully saturated rings. The Kier molecular flexibility index (Phi) is 7.31. The maximum atomic E-state index is 11.9. The van der Waals surface area contributed by atoms with Gasteiger partial charge in [0.25, 0.3) is 0 Å². The van der Waals surface area contributed by atoms with E-state index in [4.69, 9.17) is 4.74 Å². The van der Waals surface area contributed by atoms with Crippen molar-refractivity contribution in [1.82, 2.24) is 0 Å². The summed E-state index contributed by atoms with van der Waals surface area (Å²) in [6.45, 7) is 8.86. The molecule has 2 atom stereocenters. The highest BCUT2D eigenvalue weighted by molar-refractivity contribution is 5.92. The second kappa shape index (κ2) is 8.75. The van der Waals surface area contributed by atoms with Crippen molar-refractivity contribution in [2.75, 3.05) is 5.32 Å². The molecule has 112 valence electrons. The summed E-state index contributed by atoms with van der Waals surface area (Å²) in [6.07, 6.45) is 3.25. The molecule has 0 saturated carbocycles. The van der Waals surface area contributed by atoms with Crippen molar-refractivity contribution in [3.63, 3.8) is 0 Å². The summed E-state index contributed by atoms with van der Waals surface area (Å²) in [7, 11) is 0. The molecule has 1 aromatic rings. The molecule has 3 heteroatoms. The minimum Gasteiger partial charge on any atom is -0.374 e. The molecule has 1 aromatic carbocycles. The molecule has 3 nitrogen and oxygen atoms in total. The van der Waals surface area contributed by atoms with E-state index in [0.717, 1.165) is 30.5 Å². The Labute approximate surface area is 122 Å². The third-order valence-electron chi connectivity index (χ3n) is 3.50. The Bertz CT molecular complexity index is 400. The molecule has 0 heterocycles. The maximum Gasteiger partial charge on any atom is 0.227 e. The highest BCUT2D eigenvalue weighted by atomic mass is 16.5. The van der Waals surface area contributed by atoms with Crippen LogP contribution in [0.3, 0.4) is 0 Å². The summed E-state index contributed by atoms with van der Waals surface area (Å²) in [6, 6.07) is 7.88. The van der Waals surface area contributed by atoms with E-state index in [1.807, 2.05) is 31.2 Å². The summed E-state index contributed by atoms with van der Waals surface area (Å²) in [4.78, 5) is 11.9. The fourth-order valence-corrected chi connectivity index (χ4v) is 1.87. The topological polar surface area (TPSA) is 38.3 Å². The first kappa shape index (κ1) is 16.7. The number of anilines is 1. The Morgan fingerprint density at radius 2 is 1.85 bits per heavy atom. The van der Waals surface area contributed by atoms with E-state index >= 15 is 0 Å². The number of hydrogen-bond donors (Lipinski definition) is 1. The van der Waals surface area contributed by atoms with Gasteiger partial charge in [-0.25, -0.2) is 0 Å². The van der Waals surface area contributed by atoms with Crippen LogP contribution in [0.25, 0.3) is 0 Å².